The van der Waals surface area contributed by atoms with Crippen molar-refractivity contribution in [3.8, 4) is 17.6 Å². The van der Waals surface area contributed by atoms with Crippen LogP contribution >= 0.6 is 0 Å². The zero-order chi connectivity index (χ0) is 41.3. The van der Waals surface area contributed by atoms with Gasteiger partial charge in [0.2, 0.25) is 5.91 Å². The highest BCUT2D eigenvalue weighted by Crippen LogP contribution is 2.43. The predicted octanol–water partition coefficient (Wildman–Crippen LogP) is 7.92. The van der Waals surface area contributed by atoms with Gasteiger partial charge in [-0.2, -0.15) is 0 Å². The molecule has 12 heteroatoms. The highest BCUT2D eigenvalue weighted by Gasteiger charge is 2.59. The quantitative estimate of drug-likeness (QED) is 0.0448. The Balaban J connectivity index is 1.86. The summed E-state index contributed by atoms with van der Waals surface area (Å²) in [4.78, 5) is 64.9. The van der Waals surface area contributed by atoms with Gasteiger partial charge in [-0.05, 0) is 61.1 Å². The molecule has 0 unspecified atom stereocenters. The number of carboxylic acids is 2. The van der Waals surface area contributed by atoms with Crippen LogP contribution in [-0.4, -0.2) is 54.9 Å². The Morgan fingerprint density at radius 1 is 0.804 bits per heavy atom. The van der Waals surface area contributed by atoms with Crippen LogP contribution in [-0.2, 0) is 32.3 Å². The number of non-ortho nitro benzene ring substituents is 1. The number of hydrogen-bond acceptors (Lipinski definition) is 8. The van der Waals surface area contributed by atoms with Crippen molar-refractivity contribution in [3.05, 3.63) is 147 Å². The first kappa shape index (κ1) is 42.0. The molecule has 4 aromatic rings. The summed E-state index contributed by atoms with van der Waals surface area (Å²) in [6.07, 6.45) is 1.71. The van der Waals surface area contributed by atoms with Crippen molar-refractivity contribution in [1.82, 2.24) is 4.90 Å². The zero-order valence-electron chi connectivity index (χ0n) is 32.1. The molecule has 1 atom stereocenters. The molecule has 0 bridgehead atoms. The van der Waals surface area contributed by atoms with Crippen molar-refractivity contribution >= 4 is 35.6 Å². The molecular weight excluding hydrogens is 716 g/mol. The number of nitrogens with zero attached hydrogens (tertiary/aromatic N) is 2. The molecule has 56 heavy (non-hydrogen) atoms. The molecule has 0 aromatic heterocycles. The van der Waals surface area contributed by atoms with E-state index in [1.165, 1.54) is 24.3 Å². The van der Waals surface area contributed by atoms with Crippen LogP contribution < -0.4 is 4.74 Å². The van der Waals surface area contributed by atoms with Crippen molar-refractivity contribution in [1.29, 1.82) is 0 Å². The highest BCUT2D eigenvalue weighted by atomic mass is 16.6. The van der Waals surface area contributed by atoms with Gasteiger partial charge in [0.1, 0.15) is 19.0 Å². The second kappa shape index (κ2) is 17.6. The first-order chi connectivity index (χ1) is 26.3. The van der Waals surface area contributed by atoms with E-state index >= 15 is 0 Å². The minimum absolute atomic E-state index is 0.00475. The van der Waals surface area contributed by atoms with Crippen LogP contribution in [0.5, 0.6) is 5.75 Å². The van der Waals surface area contributed by atoms with Gasteiger partial charge in [0.25, 0.3) is 5.69 Å². The lowest BCUT2D eigenvalue weighted by Gasteiger charge is -2.53. The van der Waals surface area contributed by atoms with E-state index < -0.39 is 51.7 Å². The minimum Gasteiger partial charge on any atom is -0.488 e. The molecule has 0 saturated heterocycles. The lowest BCUT2D eigenvalue weighted by Crippen LogP contribution is -2.69. The van der Waals surface area contributed by atoms with Gasteiger partial charge in [0, 0.05) is 29.3 Å². The van der Waals surface area contributed by atoms with Gasteiger partial charge in [-0.25, -0.2) is 9.59 Å². The Bertz CT molecular complexity index is 2190. The smallest absolute Gasteiger partial charge is 0.339 e. The summed E-state index contributed by atoms with van der Waals surface area (Å²) in [6, 6.07) is 26.9. The average molecular weight is 761 g/mol. The number of amides is 1. The van der Waals surface area contributed by atoms with E-state index in [1.54, 1.807) is 84.0 Å². The Labute approximate surface area is 325 Å². The fourth-order valence-electron chi connectivity index (χ4n) is 6.25. The number of nitro groups is 1. The molecule has 2 N–H and O–H groups in total. The van der Waals surface area contributed by atoms with Gasteiger partial charge >= 0.3 is 17.9 Å². The first-order valence-corrected chi connectivity index (χ1v) is 17.6. The molecule has 4 rings (SSSR count). The van der Waals surface area contributed by atoms with Crippen molar-refractivity contribution < 1.29 is 43.8 Å². The summed E-state index contributed by atoms with van der Waals surface area (Å²) < 4.78 is 11.7. The van der Waals surface area contributed by atoms with Gasteiger partial charge in [0.05, 0.1) is 22.5 Å². The summed E-state index contributed by atoms with van der Waals surface area (Å²) in [5, 5.41) is 32.3. The third kappa shape index (κ3) is 10.1. The highest BCUT2D eigenvalue weighted by molar-refractivity contribution is 5.98. The number of hydrogen-bond donors (Lipinski definition) is 2. The third-order valence-corrected chi connectivity index (χ3v) is 8.94. The van der Waals surface area contributed by atoms with E-state index in [-0.39, 0.29) is 41.3 Å². The molecule has 290 valence electrons. The lowest BCUT2D eigenvalue weighted by atomic mass is 9.68. The molecule has 0 spiro atoms. The number of rotatable bonds is 13. The number of esters is 1. The molecule has 0 fully saturated rings. The summed E-state index contributed by atoms with van der Waals surface area (Å²) in [5.41, 5.74) is -2.68. The largest absolute Gasteiger partial charge is 0.488 e. The molecule has 0 saturated carbocycles. The van der Waals surface area contributed by atoms with Gasteiger partial charge in [-0.15, -0.1) is 0 Å². The number of carbonyl (C=O) groups is 4. The van der Waals surface area contributed by atoms with Crippen LogP contribution in [0.15, 0.2) is 103 Å². The summed E-state index contributed by atoms with van der Waals surface area (Å²) in [5.74, 6) is 1.79. The van der Waals surface area contributed by atoms with Crippen LogP contribution in [0.2, 0.25) is 0 Å². The monoisotopic (exact) mass is 760 g/mol. The number of nitro benzene ring substituents is 1. The number of carbonyl (C=O) groups excluding carboxylic acids is 2. The molecule has 4 aromatic carbocycles. The Hall–Kier alpha value is -6.74. The summed E-state index contributed by atoms with van der Waals surface area (Å²) in [7, 11) is 0. The van der Waals surface area contributed by atoms with Crippen LogP contribution in [0.1, 0.15) is 86.1 Å². The topological polar surface area (TPSA) is 174 Å². The molecule has 0 heterocycles. The molecule has 0 aliphatic carbocycles. The van der Waals surface area contributed by atoms with Crippen LogP contribution in [0.3, 0.4) is 0 Å². The van der Waals surface area contributed by atoms with E-state index in [4.69, 9.17) is 9.47 Å². The molecule has 0 aliphatic heterocycles. The predicted molar refractivity (Wildman–Crippen MR) is 210 cm³/mol. The maximum atomic E-state index is 14.2. The van der Waals surface area contributed by atoms with Gasteiger partial charge in [-0.1, -0.05) is 105 Å². The number of carboxylic acid groups (broad SMARTS) is 2. The van der Waals surface area contributed by atoms with E-state index in [0.29, 0.717) is 5.56 Å². The fraction of sp³-hybridized carbons (Fsp3) is 0.273. The Kier molecular flexibility index (Phi) is 13.2. The molecule has 0 radical (unpaired) electrons. The van der Waals surface area contributed by atoms with Crippen molar-refractivity contribution in [2.24, 2.45) is 5.41 Å². The van der Waals surface area contributed by atoms with Crippen LogP contribution in [0.25, 0.3) is 6.08 Å². The van der Waals surface area contributed by atoms with Gasteiger partial charge < -0.3 is 24.6 Å². The van der Waals surface area contributed by atoms with E-state index in [1.807, 2.05) is 36.4 Å². The van der Waals surface area contributed by atoms with Crippen molar-refractivity contribution in [2.45, 2.75) is 72.3 Å². The second-order valence-corrected chi connectivity index (χ2v) is 15.0. The Morgan fingerprint density at radius 3 is 1.95 bits per heavy atom. The van der Waals surface area contributed by atoms with Gasteiger partial charge in [0.15, 0.2) is 5.54 Å². The maximum Gasteiger partial charge on any atom is 0.339 e. The number of aliphatic carboxylic acids is 2. The second-order valence-electron chi connectivity index (χ2n) is 15.0. The van der Waals surface area contributed by atoms with Crippen molar-refractivity contribution in [3.63, 3.8) is 0 Å². The van der Waals surface area contributed by atoms with Crippen LogP contribution in [0, 0.1) is 27.4 Å². The van der Waals surface area contributed by atoms with Gasteiger partial charge in [-0.3, -0.25) is 19.7 Å². The molecule has 0 aliphatic rings. The maximum absolute atomic E-state index is 14.2. The zero-order valence-corrected chi connectivity index (χ0v) is 32.1. The third-order valence-electron chi connectivity index (χ3n) is 8.94. The molecular formula is C44H44N2O10. The first-order valence-electron chi connectivity index (χ1n) is 17.6. The van der Waals surface area contributed by atoms with E-state index in [9.17, 15) is 39.5 Å². The van der Waals surface area contributed by atoms with E-state index in [2.05, 4.69) is 11.8 Å². The normalized spacial score (nSPS) is 12.5. The summed E-state index contributed by atoms with van der Waals surface area (Å²) >= 11 is 0. The van der Waals surface area contributed by atoms with E-state index in [0.717, 1.165) is 22.1 Å². The summed E-state index contributed by atoms with van der Waals surface area (Å²) in [6.45, 7) is 9.68. The fourth-order valence-corrected chi connectivity index (χ4v) is 6.25. The number of ether oxygens (including phenoxy) is 2. The Morgan fingerprint density at radius 2 is 1.41 bits per heavy atom. The van der Waals surface area contributed by atoms with Crippen LogP contribution in [0.4, 0.5) is 5.69 Å². The lowest BCUT2D eigenvalue weighted by molar-refractivity contribution is -0.384. The molecule has 1 amide bonds. The average Bonchev–Trinajstić information content (AvgIpc) is 3.13. The minimum atomic E-state index is -2.16. The number of benzene rings is 4. The van der Waals surface area contributed by atoms with Crippen molar-refractivity contribution in [2.75, 3.05) is 0 Å². The standard InChI is InChI=1S/C44H44N2O10/c1-42(2,3)44(41(51)52,27-39(48)49)45(43(4,5)6)38(47)25-21-32-18-13-19-37(55-28-30-14-9-7-10-15-30)35(32)23-20-33-26-34(46(53)54)22-24-36(33)40(50)56-29-31-16-11-8-12-17-31/h7-19,21-22,24-26H,27-29H2,1-6H3,(H,48,49)(H,51,52)/b25-21+/t44-/m0/s1. The molecule has 12 nitrogen and oxygen atoms in total. The SMILES string of the molecule is CC(C)(C)N(C(=O)/C=C/c1cccc(OCc2ccccc2)c1C#Cc1cc([N+](=O)[O-])ccc1C(=O)OCc1ccccc1)[C@@](CC(=O)O)(C(=O)O)C(C)(C)C.